The van der Waals surface area contributed by atoms with E-state index in [0.29, 0.717) is 31.7 Å². The Bertz CT molecular complexity index is 1610. The Morgan fingerprint density at radius 1 is 0.863 bits per heavy atom. The van der Waals surface area contributed by atoms with Crippen LogP contribution in [-0.4, -0.2) is 87.4 Å². The van der Waals surface area contributed by atoms with Crippen LogP contribution in [0, 0.1) is 5.92 Å². The number of carbonyl (C=O) groups excluding carboxylic acids is 4. The number of amides is 4. The fourth-order valence-corrected chi connectivity index (χ4v) is 6.80. The lowest BCUT2D eigenvalue weighted by Crippen LogP contribution is -2.55. The predicted molar refractivity (Wildman–Crippen MR) is 189 cm³/mol. The van der Waals surface area contributed by atoms with Crippen molar-refractivity contribution < 1.29 is 28.0 Å². The van der Waals surface area contributed by atoms with Crippen LogP contribution in [-0.2, 0) is 40.4 Å². The van der Waals surface area contributed by atoms with Gasteiger partial charge in [0.25, 0.3) is 5.91 Å². The van der Waals surface area contributed by atoms with Crippen LogP contribution in [0.4, 0.5) is 8.78 Å². The van der Waals surface area contributed by atoms with Gasteiger partial charge in [0.2, 0.25) is 23.6 Å². The first-order valence-electron chi connectivity index (χ1n) is 18.0. The summed E-state index contributed by atoms with van der Waals surface area (Å²) in [4.78, 5) is 56.8. The summed E-state index contributed by atoms with van der Waals surface area (Å²) in [5.74, 6) is -4.44. The molecule has 1 aromatic heterocycles. The minimum absolute atomic E-state index is 0.108. The number of benzene rings is 2. The molecule has 0 bridgehead atoms. The molecule has 5 rings (SSSR count). The molecular weight excluding hydrogens is 656 g/mol. The molecule has 1 saturated heterocycles. The normalized spacial score (nSPS) is 17.7. The van der Waals surface area contributed by atoms with Crippen LogP contribution < -0.4 is 16.0 Å². The van der Waals surface area contributed by atoms with E-state index >= 15 is 0 Å². The highest BCUT2D eigenvalue weighted by Crippen LogP contribution is 2.37. The first kappa shape index (κ1) is 37.6. The lowest BCUT2D eigenvalue weighted by molar-refractivity contribution is -0.138. The van der Waals surface area contributed by atoms with Crippen molar-refractivity contribution in [3.8, 4) is 0 Å². The summed E-state index contributed by atoms with van der Waals surface area (Å²) in [5.41, 5.74) is 3.16. The Labute approximate surface area is 298 Å². The summed E-state index contributed by atoms with van der Waals surface area (Å²) in [5, 5.41) is 12.7. The summed E-state index contributed by atoms with van der Waals surface area (Å²) in [7, 11) is 0. The Hall–Kier alpha value is -4.65. The zero-order valence-corrected chi connectivity index (χ0v) is 29.5. The smallest absolute Gasteiger partial charge is 0.270 e. The molecule has 1 aliphatic heterocycles. The lowest BCUT2D eigenvalue weighted by Gasteiger charge is -2.36. The first-order valence-corrected chi connectivity index (χ1v) is 18.0. The highest BCUT2D eigenvalue weighted by Gasteiger charge is 2.40. The average Bonchev–Trinajstić information content (AvgIpc) is 3.63. The molecule has 0 spiro atoms. The molecule has 1 saturated carbocycles. The van der Waals surface area contributed by atoms with E-state index in [9.17, 15) is 28.0 Å². The van der Waals surface area contributed by atoms with Crippen LogP contribution in [0.1, 0.15) is 73.1 Å². The maximum atomic E-state index is 14.0. The van der Waals surface area contributed by atoms with Gasteiger partial charge in [0.1, 0.15) is 17.8 Å². The summed E-state index contributed by atoms with van der Waals surface area (Å²) < 4.78 is 29.4. The molecule has 0 unspecified atom stereocenters. The van der Waals surface area contributed by atoms with Gasteiger partial charge in [-0.3, -0.25) is 28.8 Å². The Balaban J connectivity index is 1.18. The second kappa shape index (κ2) is 17.5. The van der Waals surface area contributed by atoms with Gasteiger partial charge in [0.05, 0.1) is 0 Å². The Morgan fingerprint density at radius 3 is 2.18 bits per heavy atom. The van der Waals surface area contributed by atoms with Crippen LogP contribution in [0.2, 0.25) is 0 Å². The number of hydrogen-bond donors (Lipinski definition) is 3. The summed E-state index contributed by atoms with van der Waals surface area (Å²) in [6, 6.07) is 17.5. The number of piperazine rings is 1. The van der Waals surface area contributed by atoms with Crippen molar-refractivity contribution >= 4 is 23.6 Å². The standard InChI is InChI=1S/C38H49F2N7O4/c1-3-33(48)43-31(37(51)46-22-20-45(21-23-46)26-29-8-6-5-7-9-29)24-27-10-12-28(13-11-27)25-41-36(50)34(30-14-17-38(39,40)18-15-30)44-35(49)32-16-19-42-47(32)4-2/h5-13,16,19,30-31,34H,3-4,14-15,17-18,20-26H2,1-2H3,(H,41,50)(H,43,48)(H,44,49)/t31-,34+/m1/s1. The van der Waals surface area contributed by atoms with Crippen LogP contribution >= 0.6 is 0 Å². The summed E-state index contributed by atoms with van der Waals surface area (Å²) >= 11 is 0. The largest absolute Gasteiger partial charge is 0.350 e. The average molecular weight is 706 g/mol. The zero-order valence-electron chi connectivity index (χ0n) is 29.5. The van der Waals surface area contributed by atoms with E-state index in [1.165, 1.54) is 16.4 Å². The molecule has 2 fully saturated rings. The second-order valence-corrected chi connectivity index (χ2v) is 13.5. The van der Waals surface area contributed by atoms with Crippen LogP contribution in [0.25, 0.3) is 0 Å². The molecule has 0 radical (unpaired) electrons. The van der Waals surface area contributed by atoms with Crippen LogP contribution in [0.15, 0.2) is 66.9 Å². The van der Waals surface area contributed by atoms with E-state index in [4.69, 9.17) is 0 Å². The van der Waals surface area contributed by atoms with E-state index in [0.717, 1.165) is 30.8 Å². The highest BCUT2D eigenvalue weighted by atomic mass is 19.3. The molecular formula is C38H49F2N7O4. The van der Waals surface area contributed by atoms with Gasteiger partial charge in [-0.1, -0.05) is 61.5 Å². The molecule has 2 heterocycles. The van der Waals surface area contributed by atoms with Gasteiger partial charge in [0, 0.05) is 77.7 Å². The van der Waals surface area contributed by atoms with Crippen molar-refractivity contribution in [2.24, 2.45) is 5.92 Å². The fraction of sp³-hybridized carbons (Fsp3) is 0.500. The maximum absolute atomic E-state index is 14.0. The van der Waals surface area contributed by atoms with Gasteiger partial charge in [-0.15, -0.1) is 0 Å². The van der Waals surface area contributed by atoms with E-state index in [1.54, 1.807) is 13.0 Å². The van der Waals surface area contributed by atoms with Gasteiger partial charge in [-0.2, -0.15) is 5.10 Å². The highest BCUT2D eigenvalue weighted by molar-refractivity contribution is 5.96. The molecule has 11 nitrogen and oxygen atoms in total. The van der Waals surface area contributed by atoms with Crippen LogP contribution in [0.3, 0.4) is 0 Å². The molecule has 13 heteroatoms. The minimum Gasteiger partial charge on any atom is -0.350 e. The molecule has 274 valence electrons. The Morgan fingerprint density at radius 2 is 1.53 bits per heavy atom. The van der Waals surface area contributed by atoms with E-state index in [1.807, 2.05) is 54.3 Å². The topological polar surface area (TPSA) is 129 Å². The zero-order chi connectivity index (χ0) is 36.4. The number of nitrogens with one attached hydrogen (secondary N) is 3. The number of hydrogen-bond acceptors (Lipinski definition) is 6. The number of rotatable bonds is 14. The molecule has 2 atom stereocenters. The minimum atomic E-state index is -2.77. The number of aromatic nitrogens is 2. The number of halogens is 2. The van der Waals surface area contributed by atoms with Gasteiger partial charge in [-0.25, -0.2) is 8.78 Å². The SMILES string of the molecule is CCC(=O)N[C@H](Cc1ccc(CNC(=O)[C@@H](NC(=O)c2ccnn2CC)C2CCC(F)(F)CC2)cc1)C(=O)N1CCN(Cc2ccccc2)CC1. The third-order valence-electron chi connectivity index (χ3n) is 9.87. The summed E-state index contributed by atoms with van der Waals surface area (Å²) in [6.07, 6.45) is 1.64. The van der Waals surface area contributed by atoms with Crippen molar-refractivity contribution in [1.82, 2.24) is 35.5 Å². The summed E-state index contributed by atoms with van der Waals surface area (Å²) in [6.45, 7) is 7.69. The third kappa shape index (κ3) is 10.4. The van der Waals surface area contributed by atoms with Crippen molar-refractivity contribution in [1.29, 1.82) is 0 Å². The monoisotopic (exact) mass is 705 g/mol. The molecule has 3 N–H and O–H groups in total. The van der Waals surface area contributed by atoms with Crippen molar-refractivity contribution in [3.05, 3.63) is 89.2 Å². The molecule has 2 aliphatic rings. The number of aryl methyl sites for hydroxylation is 1. The molecule has 51 heavy (non-hydrogen) atoms. The molecule has 2 aromatic carbocycles. The van der Waals surface area contributed by atoms with Crippen molar-refractivity contribution in [3.63, 3.8) is 0 Å². The maximum Gasteiger partial charge on any atom is 0.270 e. The second-order valence-electron chi connectivity index (χ2n) is 13.5. The Kier molecular flexibility index (Phi) is 12.9. The number of nitrogens with zero attached hydrogens (tertiary/aromatic N) is 4. The van der Waals surface area contributed by atoms with Gasteiger partial charge in [0.15, 0.2) is 0 Å². The van der Waals surface area contributed by atoms with Crippen molar-refractivity contribution in [2.45, 2.75) is 90.0 Å². The predicted octanol–water partition coefficient (Wildman–Crippen LogP) is 3.93. The number of alkyl halides is 2. The molecule has 3 aromatic rings. The molecule has 1 aliphatic carbocycles. The van der Waals surface area contributed by atoms with Crippen molar-refractivity contribution in [2.75, 3.05) is 26.2 Å². The van der Waals surface area contributed by atoms with E-state index < -0.39 is 35.7 Å². The van der Waals surface area contributed by atoms with Crippen LogP contribution in [0.5, 0.6) is 0 Å². The fourth-order valence-electron chi connectivity index (χ4n) is 6.80. The third-order valence-corrected chi connectivity index (χ3v) is 9.87. The van der Waals surface area contributed by atoms with E-state index in [-0.39, 0.29) is 50.5 Å². The quantitative estimate of drug-likeness (QED) is 0.233. The van der Waals surface area contributed by atoms with Gasteiger partial charge < -0.3 is 20.9 Å². The van der Waals surface area contributed by atoms with Gasteiger partial charge in [-0.05, 0) is 48.4 Å². The van der Waals surface area contributed by atoms with E-state index in [2.05, 4.69) is 38.1 Å². The molecule has 4 amide bonds. The van der Waals surface area contributed by atoms with Gasteiger partial charge >= 0.3 is 0 Å². The first-order chi connectivity index (χ1) is 24.5. The number of carbonyl (C=O) groups is 4. The lowest BCUT2D eigenvalue weighted by atomic mass is 9.81.